The first kappa shape index (κ1) is 17.5. The lowest BCUT2D eigenvalue weighted by molar-refractivity contribution is -0.129. The third-order valence-corrected chi connectivity index (χ3v) is 4.57. The van der Waals surface area contributed by atoms with Crippen LogP contribution in [-0.2, 0) is 4.79 Å². The molecule has 0 aliphatic carbocycles. The summed E-state index contributed by atoms with van der Waals surface area (Å²) in [5.41, 5.74) is 0. The minimum Gasteiger partial charge on any atom is -0.329 e. The van der Waals surface area contributed by atoms with Crippen molar-refractivity contribution >= 4 is 5.91 Å². The van der Waals surface area contributed by atoms with Crippen molar-refractivity contribution in [3.8, 4) is 0 Å². The molecule has 1 aliphatic heterocycles. The van der Waals surface area contributed by atoms with Crippen LogP contribution in [0, 0.1) is 5.92 Å². The van der Waals surface area contributed by atoms with E-state index in [1.165, 1.54) is 44.9 Å². The van der Waals surface area contributed by atoms with E-state index in [1.807, 2.05) is 4.90 Å². The monoisotopic (exact) mass is 282 g/mol. The van der Waals surface area contributed by atoms with Gasteiger partial charge < -0.3 is 4.90 Å². The zero-order valence-electron chi connectivity index (χ0n) is 13.8. The van der Waals surface area contributed by atoms with Gasteiger partial charge in [-0.25, -0.2) is 0 Å². The van der Waals surface area contributed by atoms with E-state index in [1.54, 1.807) is 0 Å². The summed E-state index contributed by atoms with van der Waals surface area (Å²) in [5.74, 6) is 0.772. The number of carbonyl (C=O) groups excluding carboxylic acids is 1. The number of hydrogen-bond acceptors (Lipinski definition) is 2. The van der Waals surface area contributed by atoms with E-state index in [0.29, 0.717) is 11.8 Å². The number of carbonyl (C=O) groups is 1. The molecule has 0 radical (unpaired) electrons. The Morgan fingerprint density at radius 3 is 2.30 bits per heavy atom. The highest BCUT2D eigenvalue weighted by molar-refractivity contribution is 5.84. The quantitative estimate of drug-likeness (QED) is 0.582. The van der Waals surface area contributed by atoms with Gasteiger partial charge in [-0.15, -0.1) is 0 Å². The Morgan fingerprint density at radius 1 is 1.10 bits per heavy atom. The van der Waals surface area contributed by atoms with Crippen LogP contribution < -0.4 is 5.32 Å². The van der Waals surface area contributed by atoms with E-state index in [9.17, 15) is 4.79 Å². The second-order valence-electron chi connectivity index (χ2n) is 6.30. The van der Waals surface area contributed by atoms with Crippen molar-refractivity contribution in [3.63, 3.8) is 0 Å². The van der Waals surface area contributed by atoms with Gasteiger partial charge in [0.1, 0.15) is 0 Å². The maximum absolute atomic E-state index is 12.2. The Labute approximate surface area is 125 Å². The first-order chi connectivity index (χ1) is 9.70. The van der Waals surface area contributed by atoms with Gasteiger partial charge in [0.15, 0.2) is 0 Å². The van der Waals surface area contributed by atoms with Crippen molar-refractivity contribution in [2.45, 2.75) is 84.6 Å². The molecule has 20 heavy (non-hydrogen) atoms. The molecule has 1 rings (SSSR count). The molecule has 1 fully saturated rings. The van der Waals surface area contributed by atoms with Gasteiger partial charge in [-0.1, -0.05) is 72.1 Å². The summed E-state index contributed by atoms with van der Waals surface area (Å²) >= 11 is 0. The highest BCUT2D eigenvalue weighted by atomic mass is 16.2. The molecule has 1 N–H and O–H groups in total. The lowest BCUT2D eigenvalue weighted by atomic mass is 9.99. The fraction of sp³-hybridized carbons (Fsp3) is 0.941. The van der Waals surface area contributed by atoms with Gasteiger partial charge in [-0.05, 0) is 12.3 Å². The summed E-state index contributed by atoms with van der Waals surface area (Å²) in [4.78, 5) is 14.2. The normalized spacial score (nSPS) is 20.6. The minimum absolute atomic E-state index is 0.0639. The molecule has 3 heteroatoms. The van der Waals surface area contributed by atoms with Gasteiger partial charge in [0, 0.05) is 6.54 Å². The minimum atomic E-state index is 0.0639. The fourth-order valence-corrected chi connectivity index (χ4v) is 2.88. The van der Waals surface area contributed by atoms with Gasteiger partial charge >= 0.3 is 0 Å². The zero-order valence-corrected chi connectivity index (χ0v) is 13.8. The van der Waals surface area contributed by atoms with E-state index in [2.05, 4.69) is 26.1 Å². The van der Waals surface area contributed by atoms with E-state index < -0.39 is 0 Å². The summed E-state index contributed by atoms with van der Waals surface area (Å²) in [6.45, 7) is 8.27. The lowest BCUT2D eigenvalue weighted by Gasteiger charge is -2.17. The Morgan fingerprint density at radius 2 is 1.70 bits per heavy atom. The smallest absolute Gasteiger partial charge is 0.241 e. The van der Waals surface area contributed by atoms with Crippen LogP contribution in [0.5, 0.6) is 0 Å². The average Bonchev–Trinajstić information content (AvgIpc) is 2.82. The number of hydrogen-bond donors (Lipinski definition) is 1. The first-order valence-corrected chi connectivity index (χ1v) is 8.72. The standard InChI is InChI=1S/C17H34N2O/c1-4-6-7-8-9-10-11-12-13-19-14-18-16(17(19)20)15(3)5-2/h15-16,18H,4-14H2,1-3H3. The molecule has 0 saturated carbocycles. The summed E-state index contributed by atoms with van der Waals surface area (Å²) in [6.07, 6.45) is 11.7. The van der Waals surface area contributed by atoms with E-state index in [4.69, 9.17) is 0 Å². The molecular weight excluding hydrogens is 248 g/mol. The van der Waals surface area contributed by atoms with Gasteiger partial charge in [-0.3, -0.25) is 10.1 Å². The number of rotatable bonds is 11. The van der Waals surface area contributed by atoms with Crippen LogP contribution in [0.15, 0.2) is 0 Å². The summed E-state index contributed by atoms with van der Waals surface area (Å²) in [5, 5.41) is 3.36. The van der Waals surface area contributed by atoms with Crippen LogP contribution in [0.4, 0.5) is 0 Å². The third kappa shape index (κ3) is 5.82. The molecule has 1 heterocycles. The van der Waals surface area contributed by atoms with Gasteiger partial charge in [-0.2, -0.15) is 0 Å². The molecule has 2 atom stereocenters. The maximum Gasteiger partial charge on any atom is 0.241 e. The van der Waals surface area contributed by atoms with Crippen molar-refractivity contribution in [3.05, 3.63) is 0 Å². The predicted octanol–water partition coefficient (Wildman–Crippen LogP) is 3.93. The van der Waals surface area contributed by atoms with Crippen molar-refractivity contribution in [2.24, 2.45) is 5.92 Å². The summed E-state index contributed by atoms with van der Waals surface area (Å²) < 4.78 is 0. The van der Waals surface area contributed by atoms with Crippen molar-refractivity contribution in [1.82, 2.24) is 10.2 Å². The molecule has 118 valence electrons. The Kier molecular flexibility index (Phi) is 8.92. The van der Waals surface area contributed by atoms with E-state index in [-0.39, 0.29) is 6.04 Å². The molecule has 1 amide bonds. The zero-order chi connectivity index (χ0) is 14.8. The maximum atomic E-state index is 12.2. The van der Waals surface area contributed by atoms with E-state index >= 15 is 0 Å². The molecule has 0 aromatic rings. The van der Waals surface area contributed by atoms with Crippen molar-refractivity contribution in [1.29, 1.82) is 0 Å². The Balaban J connectivity index is 2.04. The van der Waals surface area contributed by atoms with Crippen LogP contribution >= 0.6 is 0 Å². The summed E-state index contributed by atoms with van der Waals surface area (Å²) in [6, 6.07) is 0.0639. The highest BCUT2D eigenvalue weighted by Crippen LogP contribution is 2.16. The number of nitrogens with one attached hydrogen (secondary N) is 1. The molecule has 0 bridgehead atoms. The second-order valence-corrected chi connectivity index (χ2v) is 6.30. The van der Waals surface area contributed by atoms with Crippen LogP contribution in [0.3, 0.4) is 0 Å². The molecule has 1 saturated heterocycles. The number of amides is 1. The van der Waals surface area contributed by atoms with E-state index in [0.717, 1.165) is 26.1 Å². The second kappa shape index (κ2) is 10.2. The van der Waals surface area contributed by atoms with Crippen LogP contribution in [-0.4, -0.2) is 30.1 Å². The summed E-state index contributed by atoms with van der Waals surface area (Å²) in [7, 11) is 0. The van der Waals surface area contributed by atoms with Crippen molar-refractivity contribution in [2.75, 3.05) is 13.2 Å². The van der Waals surface area contributed by atoms with Crippen LogP contribution in [0.1, 0.15) is 78.6 Å². The van der Waals surface area contributed by atoms with Gasteiger partial charge in [0.2, 0.25) is 5.91 Å². The van der Waals surface area contributed by atoms with Crippen LogP contribution in [0.25, 0.3) is 0 Å². The van der Waals surface area contributed by atoms with Gasteiger partial charge in [0.25, 0.3) is 0 Å². The highest BCUT2D eigenvalue weighted by Gasteiger charge is 2.33. The largest absolute Gasteiger partial charge is 0.329 e. The molecule has 2 unspecified atom stereocenters. The Bertz CT molecular complexity index is 268. The van der Waals surface area contributed by atoms with Crippen molar-refractivity contribution < 1.29 is 4.79 Å². The predicted molar refractivity (Wildman–Crippen MR) is 85.6 cm³/mol. The molecule has 1 aliphatic rings. The number of unbranched alkanes of at least 4 members (excludes halogenated alkanes) is 7. The molecule has 0 spiro atoms. The lowest BCUT2D eigenvalue weighted by Crippen LogP contribution is -2.35. The van der Waals surface area contributed by atoms with Gasteiger partial charge in [0.05, 0.1) is 12.7 Å². The molecular formula is C17H34N2O. The first-order valence-electron chi connectivity index (χ1n) is 8.72. The SMILES string of the molecule is CCCCCCCCCCN1CNC(C(C)CC)C1=O. The average molecular weight is 282 g/mol. The molecule has 3 nitrogen and oxygen atoms in total. The van der Waals surface area contributed by atoms with Crippen LogP contribution in [0.2, 0.25) is 0 Å². The Hall–Kier alpha value is -0.570. The molecule has 0 aromatic heterocycles. The topological polar surface area (TPSA) is 32.3 Å². The fourth-order valence-electron chi connectivity index (χ4n) is 2.88. The number of nitrogens with zero attached hydrogens (tertiary/aromatic N) is 1. The molecule has 0 aromatic carbocycles. The third-order valence-electron chi connectivity index (χ3n) is 4.57.